The lowest BCUT2D eigenvalue weighted by Gasteiger charge is -2.20. The lowest BCUT2D eigenvalue weighted by atomic mass is 10.0. The number of hydrogen-bond donors (Lipinski definition) is 1. The number of aromatic nitrogens is 2. The molecule has 3 heterocycles. The number of H-pyrrole nitrogens is 1. The fraction of sp³-hybridized carbons (Fsp3) is 0.538. The van der Waals surface area contributed by atoms with Gasteiger partial charge in [-0.05, 0) is 0 Å². The molecule has 0 saturated carbocycles. The summed E-state index contributed by atoms with van der Waals surface area (Å²) in [6.07, 6.45) is -1.97. The number of nitrogens with one attached hydrogen (secondary N) is 1. The molecule has 1 N–H and O–H groups in total. The maximum atomic E-state index is 11.9. The molecule has 9 heteroatoms. The van der Waals surface area contributed by atoms with Crippen LogP contribution in [0.4, 0.5) is 0 Å². The standard InChI is InChI=1S/C13H14N2O7/c1-5-8-9(10(12(18)22-8)20-6(2)16)21-11(5)15-4-3-7(17)14-13(15)19/h3-5,8-11H,1-2H3,(H,14,17,19)/t5-,8-,9+,10?,11?/m1/s1. The summed E-state index contributed by atoms with van der Waals surface area (Å²) in [4.78, 5) is 47.9. The molecule has 2 unspecified atom stereocenters. The van der Waals surface area contributed by atoms with Crippen molar-refractivity contribution in [2.45, 2.75) is 38.4 Å². The number of nitrogens with zero attached hydrogens (tertiary/aromatic N) is 1. The van der Waals surface area contributed by atoms with E-state index in [1.165, 1.54) is 23.8 Å². The third-order valence-corrected chi connectivity index (χ3v) is 3.79. The van der Waals surface area contributed by atoms with Crippen LogP contribution in [-0.2, 0) is 23.8 Å². The van der Waals surface area contributed by atoms with Gasteiger partial charge in [-0.2, -0.15) is 0 Å². The van der Waals surface area contributed by atoms with Gasteiger partial charge in [-0.25, -0.2) is 9.59 Å². The SMILES string of the molecule is CC(=O)OC1C(=O)O[C@H]2[C@@H]1OC(n1ccc(=O)[nH]c1=O)[C@@H]2C. The summed E-state index contributed by atoms with van der Waals surface area (Å²) in [5.41, 5.74) is -1.14. The highest BCUT2D eigenvalue weighted by atomic mass is 16.7. The van der Waals surface area contributed by atoms with E-state index in [2.05, 4.69) is 4.98 Å². The fourth-order valence-corrected chi connectivity index (χ4v) is 2.82. The molecule has 0 amide bonds. The van der Waals surface area contributed by atoms with Crippen LogP contribution in [0.5, 0.6) is 0 Å². The second kappa shape index (κ2) is 5.09. The number of carbonyl (C=O) groups is 2. The number of rotatable bonds is 2. The quantitative estimate of drug-likeness (QED) is 0.691. The molecule has 3 rings (SSSR count). The number of fused-ring (bicyclic) bond motifs is 1. The smallest absolute Gasteiger partial charge is 0.350 e. The summed E-state index contributed by atoms with van der Waals surface area (Å²) in [6, 6.07) is 1.20. The first kappa shape index (κ1) is 14.5. The molecule has 1 aromatic rings. The van der Waals surface area contributed by atoms with E-state index in [0.29, 0.717) is 0 Å². The Morgan fingerprint density at radius 1 is 1.32 bits per heavy atom. The molecule has 9 nitrogen and oxygen atoms in total. The largest absolute Gasteiger partial charge is 0.456 e. The summed E-state index contributed by atoms with van der Waals surface area (Å²) in [6.45, 7) is 2.93. The number of aromatic amines is 1. The van der Waals surface area contributed by atoms with Crippen molar-refractivity contribution >= 4 is 11.9 Å². The number of esters is 2. The maximum Gasteiger partial charge on any atom is 0.350 e. The Morgan fingerprint density at radius 3 is 2.68 bits per heavy atom. The van der Waals surface area contributed by atoms with Crippen molar-refractivity contribution in [3.63, 3.8) is 0 Å². The van der Waals surface area contributed by atoms with Crippen LogP contribution in [-0.4, -0.2) is 39.8 Å². The first-order valence-corrected chi connectivity index (χ1v) is 6.73. The summed E-state index contributed by atoms with van der Waals surface area (Å²) in [7, 11) is 0. The molecular weight excluding hydrogens is 296 g/mol. The van der Waals surface area contributed by atoms with E-state index < -0.39 is 47.7 Å². The zero-order valence-electron chi connectivity index (χ0n) is 11.8. The molecule has 0 bridgehead atoms. The summed E-state index contributed by atoms with van der Waals surface area (Å²) in [5.74, 6) is -1.63. The second-order valence-electron chi connectivity index (χ2n) is 5.30. The van der Waals surface area contributed by atoms with Crippen molar-refractivity contribution in [3.05, 3.63) is 33.1 Å². The van der Waals surface area contributed by atoms with Crippen molar-refractivity contribution in [2.24, 2.45) is 5.92 Å². The van der Waals surface area contributed by atoms with Crippen LogP contribution < -0.4 is 11.2 Å². The van der Waals surface area contributed by atoms with Crippen LogP contribution in [0, 0.1) is 5.92 Å². The zero-order chi connectivity index (χ0) is 16.0. The number of hydrogen-bond acceptors (Lipinski definition) is 7. The van der Waals surface area contributed by atoms with Gasteiger partial charge in [0.15, 0.2) is 0 Å². The molecule has 2 aliphatic heterocycles. The normalized spacial score (nSPS) is 33.4. The van der Waals surface area contributed by atoms with Crippen molar-refractivity contribution in [2.75, 3.05) is 0 Å². The molecular formula is C13H14N2O7. The minimum absolute atomic E-state index is 0.349. The molecule has 2 fully saturated rings. The van der Waals surface area contributed by atoms with E-state index in [4.69, 9.17) is 14.2 Å². The molecule has 2 saturated heterocycles. The van der Waals surface area contributed by atoms with E-state index in [-0.39, 0.29) is 5.92 Å². The predicted octanol–water partition coefficient (Wildman–Crippen LogP) is -1.07. The monoisotopic (exact) mass is 310 g/mol. The van der Waals surface area contributed by atoms with E-state index in [1.807, 2.05) is 0 Å². The summed E-state index contributed by atoms with van der Waals surface area (Å²) < 4.78 is 17.1. The predicted molar refractivity (Wildman–Crippen MR) is 69.8 cm³/mol. The third kappa shape index (κ3) is 2.23. The third-order valence-electron chi connectivity index (χ3n) is 3.79. The Hall–Kier alpha value is -2.42. The van der Waals surface area contributed by atoms with Crippen LogP contribution in [0.3, 0.4) is 0 Å². The van der Waals surface area contributed by atoms with Gasteiger partial charge in [0.05, 0.1) is 0 Å². The van der Waals surface area contributed by atoms with E-state index in [9.17, 15) is 19.2 Å². The van der Waals surface area contributed by atoms with Gasteiger partial charge in [0.2, 0.25) is 6.10 Å². The molecule has 0 aliphatic carbocycles. The van der Waals surface area contributed by atoms with Gasteiger partial charge in [-0.15, -0.1) is 0 Å². The van der Waals surface area contributed by atoms with Crippen LogP contribution in [0.1, 0.15) is 20.1 Å². The Labute approximate surface area is 123 Å². The minimum atomic E-state index is -1.14. The first-order valence-electron chi connectivity index (χ1n) is 6.73. The second-order valence-corrected chi connectivity index (χ2v) is 5.30. The Kier molecular flexibility index (Phi) is 3.36. The summed E-state index contributed by atoms with van der Waals surface area (Å²) >= 11 is 0. The molecule has 0 spiro atoms. The van der Waals surface area contributed by atoms with E-state index >= 15 is 0 Å². The van der Waals surface area contributed by atoms with Crippen LogP contribution in [0.2, 0.25) is 0 Å². The fourth-order valence-electron chi connectivity index (χ4n) is 2.82. The topological polar surface area (TPSA) is 117 Å². The van der Waals surface area contributed by atoms with Crippen molar-refractivity contribution in [3.8, 4) is 0 Å². The molecule has 0 aromatic carbocycles. The van der Waals surface area contributed by atoms with Crippen LogP contribution in [0.25, 0.3) is 0 Å². The van der Waals surface area contributed by atoms with Crippen molar-refractivity contribution in [1.82, 2.24) is 9.55 Å². The zero-order valence-corrected chi connectivity index (χ0v) is 11.8. The Morgan fingerprint density at radius 2 is 2.05 bits per heavy atom. The minimum Gasteiger partial charge on any atom is -0.456 e. The molecule has 5 atom stereocenters. The van der Waals surface area contributed by atoms with Gasteiger partial charge in [-0.3, -0.25) is 19.1 Å². The first-order chi connectivity index (χ1) is 10.4. The average Bonchev–Trinajstić information content (AvgIpc) is 2.89. The lowest BCUT2D eigenvalue weighted by Crippen LogP contribution is -2.36. The van der Waals surface area contributed by atoms with Gasteiger partial charge >= 0.3 is 17.6 Å². The van der Waals surface area contributed by atoms with E-state index in [1.54, 1.807) is 6.92 Å². The molecule has 22 heavy (non-hydrogen) atoms. The van der Waals surface area contributed by atoms with Gasteiger partial charge in [0, 0.05) is 25.1 Å². The lowest BCUT2D eigenvalue weighted by molar-refractivity contribution is -0.166. The van der Waals surface area contributed by atoms with E-state index in [0.717, 1.165) is 0 Å². The maximum absolute atomic E-state index is 11.9. The molecule has 118 valence electrons. The molecule has 0 radical (unpaired) electrons. The van der Waals surface area contributed by atoms with Crippen LogP contribution >= 0.6 is 0 Å². The van der Waals surface area contributed by atoms with Gasteiger partial charge in [-0.1, -0.05) is 6.92 Å². The Bertz CT molecular complexity index is 736. The van der Waals surface area contributed by atoms with Gasteiger partial charge < -0.3 is 14.2 Å². The van der Waals surface area contributed by atoms with Crippen molar-refractivity contribution in [1.29, 1.82) is 0 Å². The van der Waals surface area contributed by atoms with Crippen molar-refractivity contribution < 1.29 is 23.8 Å². The number of ether oxygens (including phenoxy) is 3. The highest BCUT2D eigenvalue weighted by Gasteiger charge is 2.57. The number of carbonyl (C=O) groups excluding carboxylic acids is 2. The molecule has 2 aliphatic rings. The van der Waals surface area contributed by atoms with Gasteiger partial charge in [0.25, 0.3) is 5.56 Å². The highest BCUT2D eigenvalue weighted by molar-refractivity contribution is 5.81. The molecule has 1 aromatic heterocycles. The Balaban J connectivity index is 1.90. The van der Waals surface area contributed by atoms with Crippen LogP contribution in [0.15, 0.2) is 21.9 Å². The summed E-state index contributed by atoms with van der Waals surface area (Å²) in [5, 5.41) is 0. The highest BCUT2D eigenvalue weighted by Crippen LogP contribution is 2.41. The average molecular weight is 310 g/mol. The van der Waals surface area contributed by atoms with Gasteiger partial charge in [0.1, 0.15) is 18.4 Å².